The molecule has 1 aliphatic carbocycles. The summed E-state index contributed by atoms with van der Waals surface area (Å²) in [6.45, 7) is 1.99. The van der Waals surface area contributed by atoms with E-state index in [0.717, 1.165) is 49.9 Å². The van der Waals surface area contributed by atoms with Gasteiger partial charge >= 0.3 is 0 Å². The van der Waals surface area contributed by atoms with Crippen LogP contribution in [0, 0.1) is 0 Å². The zero-order valence-corrected chi connectivity index (χ0v) is 32.6. The van der Waals surface area contributed by atoms with E-state index in [0.29, 0.717) is 0 Å². The van der Waals surface area contributed by atoms with E-state index in [1.807, 2.05) is 12.7 Å². The molecule has 1 aromatic heterocycles. The SMILES string of the molecule is C[P@]1(=O)c2ccccc2-c2ccc3c(c21)-c1cc(N(c2ccccc2)c2cccc4ccccc24)ccc1C31c2ccccc2-n2c3ccccc3c3cccc1c32. The summed E-state index contributed by atoms with van der Waals surface area (Å²) in [5.74, 6) is 0. The minimum atomic E-state index is -3.03. The van der Waals surface area contributed by atoms with Crippen molar-refractivity contribution in [2.75, 3.05) is 11.6 Å². The van der Waals surface area contributed by atoms with Gasteiger partial charge in [-0.05, 0) is 99.0 Å². The summed E-state index contributed by atoms with van der Waals surface area (Å²) in [5, 5.41) is 6.79. The van der Waals surface area contributed by atoms with Crippen molar-refractivity contribution in [2.24, 2.45) is 0 Å². The lowest BCUT2D eigenvalue weighted by molar-refractivity contribution is 0.591. The van der Waals surface area contributed by atoms with Crippen molar-refractivity contribution in [1.82, 2.24) is 4.57 Å². The molecule has 0 N–H and O–H groups in total. The van der Waals surface area contributed by atoms with Crippen LogP contribution < -0.4 is 15.5 Å². The van der Waals surface area contributed by atoms with Crippen LogP contribution in [0.4, 0.5) is 17.1 Å². The van der Waals surface area contributed by atoms with E-state index < -0.39 is 12.6 Å². The highest BCUT2D eigenvalue weighted by molar-refractivity contribution is 7.79. The molecule has 3 nitrogen and oxygen atoms in total. The van der Waals surface area contributed by atoms with Gasteiger partial charge in [-0.25, -0.2) is 0 Å². The van der Waals surface area contributed by atoms with Crippen LogP contribution in [0.3, 0.4) is 0 Å². The number of para-hydroxylation sites is 4. The number of benzene rings is 9. The Bertz CT molecular complexity index is 3470. The summed E-state index contributed by atoms with van der Waals surface area (Å²) >= 11 is 0. The summed E-state index contributed by atoms with van der Waals surface area (Å²) in [6, 6.07) is 70.6. The topological polar surface area (TPSA) is 25.2 Å². The third-order valence-electron chi connectivity index (χ3n) is 13.3. The highest BCUT2D eigenvalue weighted by atomic mass is 31.2. The normalized spacial score (nSPS) is 17.9. The summed E-state index contributed by atoms with van der Waals surface area (Å²) in [7, 11) is -3.03. The third-order valence-corrected chi connectivity index (χ3v) is 15.9. The number of anilines is 3. The molecule has 10 aromatic rings. The van der Waals surface area contributed by atoms with E-state index in [2.05, 4.69) is 198 Å². The molecule has 58 heavy (non-hydrogen) atoms. The molecule has 4 heteroatoms. The second-order valence-electron chi connectivity index (χ2n) is 16.0. The smallest absolute Gasteiger partial charge is 0.142 e. The number of rotatable bonds is 3. The van der Waals surface area contributed by atoms with E-state index in [4.69, 9.17) is 0 Å². The van der Waals surface area contributed by atoms with Crippen LogP contribution in [0.5, 0.6) is 0 Å². The van der Waals surface area contributed by atoms with Gasteiger partial charge in [-0.2, -0.15) is 0 Å². The van der Waals surface area contributed by atoms with Gasteiger partial charge in [-0.1, -0.05) is 152 Å². The number of aromatic nitrogens is 1. The fraction of sp³-hybridized carbons (Fsp3) is 0.0370. The van der Waals surface area contributed by atoms with Crippen LogP contribution in [0.15, 0.2) is 194 Å². The maximum Gasteiger partial charge on any atom is 0.142 e. The molecule has 0 bridgehead atoms. The molecule has 0 saturated carbocycles. The Hall–Kier alpha value is -6.93. The van der Waals surface area contributed by atoms with Crippen LogP contribution in [0.2, 0.25) is 0 Å². The largest absolute Gasteiger partial charge is 0.314 e. The van der Waals surface area contributed by atoms with Gasteiger partial charge in [-0.15, -0.1) is 0 Å². The molecular formula is C54H35N2OP. The first-order valence-electron chi connectivity index (χ1n) is 20.0. The van der Waals surface area contributed by atoms with Crippen molar-refractivity contribution in [3.63, 3.8) is 0 Å². The molecule has 1 unspecified atom stereocenters. The fourth-order valence-electron chi connectivity index (χ4n) is 11.1. The first kappa shape index (κ1) is 32.2. The van der Waals surface area contributed by atoms with Gasteiger partial charge in [0.25, 0.3) is 0 Å². The van der Waals surface area contributed by atoms with E-state index in [1.165, 1.54) is 60.5 Å². The molecule has 2 aliphatic heterocycles. The predicted octanol–water partition coefficient (Wildman–Crippen LogP) is 13.0. The number of hydrogen-bond donors (Lipinski definition) is 0. The zero-order valence-electron chi connectivity index (χ0n) is 31.7. The van der Waals surface area contributed by atoms with Gasteiger partial charge < -0.3 is 14.0 Å². The fourth-order valence-corrected chi connectivity index (χ4v) is 13.7. The average Bonchev–Trinajstić information content (AvgIpc) is 3.85. The van der Waals surface area contributed by atoms with Crippen LogP contribution in [0.1, 0.15) is 22.3 Å². The highest BCUT2D eigenvalue weighted by Crippen LogP contribution is 2.64. The molecule has 9 aromatic carbocycles. The standard InChI is InChI=1S/C54H35N2OP/c1-58(57)50-28-12-8-21-39(50)41-30-32-45-51(53(41)58)42-33-36(55(35-17-3-2-4-18-35)47-27-13-16-34-15-5-6-19-37(34)47)29-31-43(42)54(45)44-23-9-11-26-49(44)56-48-25-10-7-20-38(48)40-22-14-24-46(54)52(40)56/h2-33H,1H3/t54?,58-/m0/s1. The van der Waals surface area contributed by atoms with Gasteiger partial charge in [-0.3, -0.25) is 0 Å². The monoisotopic (exact) mass is 758 g/mol. The first-order valence-corrected chi connectivity index (χ1v) is 22.2. The number of nitrogens with zero attached hydrogens (tertiary/aromatic N) is 2. The minimum absolute atomic E-state index is 0.662. The van der Waals surface area contributed by atoms with Crippen molar-refractivity contribution in [3.05, 3.63) is 216 Å². The Morgan fingerprint density at radius 1 is 0.500 bits per heavy atom. The molecule has 0 radical (unpaired) electrons. The van der Waals surface area contributed by atoms with Gasteiger partial charge in [0, 0.05) is 38.1 Å². The van der Waals surface area contributed by atoms with Crippen LogP contribution >= 0.6 is 7.14 Å². The van der Waals surface area contributed by atoms with E-state index in [9.17, 15) is 0 Å². The van der Waals surface area contributed by atoms with Gasteiger partial charge in [0.1, 0.15) is 7.14 Å². The molecule has 272 valence electrons. The quantitative estimate of drug-likeness (QED) is 0.168. The molecule has 0 saturated heterocycles. The van der Waals surface area contributed by atoms with Crippen LogP contribution in [-0.4, -0.2) is 11.2 Å². The van der Waals surface area contributed by atoms with Crippen molar-refractivity contribution in [1.29, 1.82) is 0 Å². The van der Waals surface area contributed by atoms with Crippen molar-refractivity contribution >= 4 is 67.4 Å². The lowest BCUT2D eigenvalue weighted by atomic mass is 9.65. The van der Waals surface area contributed by atoms with Crippen LogP contribution in [0.25, 0.3) is 60.5 Å². The molecule has 0 amide bonds. The van der Waals surface area contributed by atoms with Crippen molar-refractivity contribution < 1.29 is 4.57 Å². The Morgan fingerprint density at radius 3 is 2.10 bits per heavy atom. The lowest BCUT2D eigenvalue weighted by Crippen LogP contribution is -2.33. The predicted molar refractivity (Wildman–Crippen MR) is 242 cm³/mol. The average molecular weight is 759 g/mol. The highest BCUT2D eigenvalue weighted by Gasteiger charge is 2.53. The van der Waals surface area contributed by atoms with Crippen molar-refractivity contribution in [3.8, 4) is 27.9 Å². The van der Waals surface area contributed by atoms with Gasteiger partial charge in [0.2, 0.25) is 0 Å². The minimum Gasteiger partial charge on any atom is -0.314 e. The van der Waals surface area contributed by atoms with Gasteiger partial charge in [0.15, 0.2) is 0 Å². The summed E-state index contributed by atoms with van der Waals surface area (Å²) in [4.78, 5) is 2.39. The van der Waals surface area contributed by atoms with E-state index in [1.54, 1.807) is 0 Å². The Balaban J connectivity index is 1.19. The summed E-state index contributed by atoms with van der Waals surface area (Å²) in [6.07, 6.45) is 0. The Kier molecular flexibility index (Phi) is 6.30. The molecule has 3 aliphatic rings. The third kappa shape index (κ3) is 3.87. The molecule has 2 atom stereocenters. The Labute approximate surface area is 336 Å². The number of fused-ring (bicyclic) bond motifs is 17. The van der Waals surface area contributed by atoms with Crippen LogP contribution in [-0.2, 0) is 9.98 Å². The maximum absolute atomic E-state index is 15.6. The van der Waals surface area contributed by atoms with Crippen molar-refractivity contribution in [2.45, 2.75) is 5.41 Å². The zero-order chi connectivity index (χ0) is 38.3. The molecule has 0 fully saturated rings. The first-order chi connectivity index (χ1) is 28.6. The maximum atomic E-state index is 15.6. The molecule has 3 heterocycles. The number of hydrogen-bond acceptors (Lipinski definition) is 2. The van der Waals surface area contributed by atoms with E-state index in [-0.39, 0.29) is 0 Å². The molecular weight excluding hydrogens is 724 g/mol. The second-order valence-corrected chi connectivity index (χ2v) is 18.8. The summed E-state index contributed by atoms with van der Waals surface area (Å²) < 4.78 is 18.1. The Morgan fingerprint density at radius 2 is 1.19 bits per heavy atom. The lowest BCUT2D eigenvalue weighted by Gasteiger charge is -2.39. The molecule has 1 spiro atoms. The second kappa shape index (κ2) is 11.3. The van der Waals surface area contributed by atoms with Gasteiger partial charge in [0.05, 0.1) is 27.8 Å². The van der Waals surface area contributed by atoms with E-state index >= 15 is 4.57 Å². The molecule has 13 rings (SSSR count). The summed E-state index contributed by atoms with van der Waals surface area (Å²) in [5.41, 5.74) is 15.5.